The second-order valence-electron chi connectivity index (χ2n) is 5.27. The number of nitrogens with one attached hydrogen (secondary N) is 1. The second-order valence-corrected chi connectivity index (χ2v) is 5.27. The van der Waals surface area contributed by atoms with E-state index in [2.05, 4.69) is 12.2 Å². The SMILES string of the molecule is CC1CCC(C2(F)CCCNC2)CC1. The van der Waals surface area contributed by atoms with Gasteiger partial charge in [0.2, 0.25) is 0 Å². The third kappa shape index (κ3) is 2.10. The Morgan fingerprint density at radius 1 is 1.21 bits per heavy atom. The number of hydrogen-bond acceptors (Lipinski definition) is 1. The molecular formula is C12H22FN. The van der Waals surface area contributed by atoms with Crippen molar-refractivity contribution in [3.05, 3.63) is 0 Å². The minimum absolute atomic E-state index is 0.339. The number of piperidine rings is 1. The van der Waals surface area contributed by atoms with Crippen molar-refractivity contribution >= 4 is 0 Å². The molecule has 0 bridgehead atoms. The molecule has 2 fully saturated rings. The molecule has 1 N–H and O–H groups in total. The normalized spacial score (nSPS) is 45.0. The van der Waals surface area contributed by atoms with Crippen molar-refractivity contribution < 1.29 is 4.39 Å². The van der Waals surface area contributed by atoms with Gasteiger partial charge in [0.1, 0.15) is 5.67 Å². The third-order valence-corrected chi connectivity index (χ3v) is 4.11. The maximum atomic E-state index is 14.5. The Bertz CT molecular complexity index is 179. The van der Waals surface area contributed by atoms with Gasteiger partial charge in [-0.05, 0) is 44.1 Å². The van der Waals surface area contributed by atoms with Crippen molar-refractivity contribution in [2.24, 2.45) is 11.8 Å². The Balaban J connectivity index is 1.92. The Hall–Kier alpha value is -0.110. The molecule has 1 nitrogen and oxygen atoms in total. The maximum Gasteiger partial charge on any atom is 0.126 e. The lowest BCUT2D eigenvalue weighted by atomic mass is 9.72. The summed E-state index contributed by atoms with van der Waals surface area (Å²) in [4.78, 5) is 0. The van der Waals surface area contributed by atoms with Crippen molar-refractivity contribution in [2.75, 3.05) is 13.1 Å². The van der Waals surface area contributed by atoms with E-state index in [1.54, 1.807) is 0 Å². The van der Waals surface area contributed by atoms with Crippen LogP contribution in [0.25, 0.3) is 0 Å². The van der Waals surface area contributed by atoms with Gasteiger partial charge in [0.05, 0.1) is 0 Å². The molecule has 2 rings (SSSR count). The quantitative estimate of drug-likeness (QED) is 0.684. The lowest BCUT2D eigenvalue weighted by molar-refractivity contribution is 0.0247. The van der Waals surface area contributed by atoms with Gasteiger partial charge in [0.25, 0.3) is 0 Å². The van der Waals surface area contributed by atoms with E-state index in [0.29, 0.717) is 12.5 Å². The van der Waals surface area contributed by atoms with Gasteiger partial charge in [0.15, 0.2) is 0 Å². The highest BCUT2D eigenvalue weighted by Crippen LogP contribution is 2.40. The largest absolute Gasteiger partial charge is 0.314 e. The van der Waals surface area contributed by atoms with Crippen molar-refractivity contribution in [3.63, 3.8) is 0 Å². The molecular weight excluding hydrogens is 177 g/mol. The molecule has 1 saturated heterocycles. The van der Waals surface area contributed by atoms with Gasteiger partial charge in [-0.25, -0.2) is 4.39 Å². The molecule has 1 atom stereocenters. The first-order valence-electron chi connectivity index (χ1n) is 6.10. The molecule has 1 unspecified atom stereocenters. The van der Waals surface area contributed by atoms with Crippen LogP contribution >= 0.6 is 0 Å². The van der Waals surface area contributed by atoms with E-state index < -0.39 is 5.67 Å². The minimum Gasteiger partial charge on any atom is -0.314 e. The molecule has 0 spiro atoms. The highest BCUT2D eigenvalue weighted by Gasteiger charge is 2.40. The summed E-state index contributed by atoms with van der Waals surface area (Å²) < 4.78 is 14.5. The van der Waals surface area contributed by atoms with Crippen LogP contribution in [0.15, 0.2) is 0 Å². The molecule has 1 aliphatic heterocycles. The Labute approximate surface area is 86.5 Å². The molecule has 0 aromatic rings. The first kappa shape index (κ1) is 10.4. The van der Waals surface area contributed by atoms with E-state index in [0.717, 1.165) is 38.1 Å². The summed E-state index contributed by atoms with van der Waals surface area (Å²) in [5.74, 6) is 1.16. The monoisotopic (exact) mass is 199 g/mol. The molecule has 0 amide bonds. The summed E-state index contributed by atoms with van der Waals surface area (Å²) >= 11 is 0. The van der Waals surface area contributed by atoms with E-state index in [1.807, 2.05) is 0 Å². The molecule has 0 radical (unpaired) electrons. The predicted octanol–water partition coefficient (Wildman–Crippen LogP) is 2.90. The van der Waals surface area contributed by atoms with Gasteiger partial charge in [-0.1, -0.05) is 19.8 Å². The lowest BCUT2D eigenvalue weighted by Gasteiger charge is -2.40. The fraction of sp³-hybridized carbons (Fsp3) is 1.00. The van der Waals surface area contributed by atoms with E-state index in [-0.39, 0.29) is 0 Å². The van der Waals surface area contributed by atoms with Crippen molar-refractivity contribution in [1.29, 1.82) is 0 Å². The Kier molecular flexibility index (Phi) is 3.10. The molecule has 0 aromatic heterocycles. The zero-order valence-corrected chi connectivity index (χ0v) is 9.19. The first-order chi connectivity index (χ1) is 6.71. The van der Waals surface area contributed by atoms with Crippen molar-refractivity contribution in [3.8, 4) is 0 Å². The average molecular weight is 199 g/mol. The summed E-state index contributed by atoms with van der Waals surface area (Å²) in [5.41, 5.74) is -0.877. The maximum absolute atomic E-state index is 14.5. The van der Waals surface area contributed by atoms with Crippen LogP contribution < -0.4 is 5.32 Å². The topological polar surface area (TPSA) is 12.0 Å². The van der Waals surface area contributed by atoms with Gasteiger partial charge < -0.3 is 5.32 Å². The van der Waals surface area contributed by atoms with Crippen LogP contribution in [0.5, 0.6) is 0 Å². The standard InChI is InChI=1S/C12H22FN/c1-10-3-5-11(6-4-10)12(13)7-2-8-14-9-12/h10-11,14H,2-9H2,1H3. The molecule has 14 heavy (non-hydrogen) atoms. The van der Waals surface area contributed by atoms with Crippen LogP contribution in [0, 0.1) is 11.8 Å². The Morgan fingerprint density at radius 2 is 1.93 bits per heavy atom. The molecule has 1 heterocycles. The van der Waals surface area contributed by atoms with E-state index in [4.69, 9.17) is 0 Å². The average Bonchev–Trinajstić information content (AvgIpc) is 2.19. The van der Waals surface area contributed by atoms with E-state index in [1.165, 1.54) is 12.8 Å². The molecule has 82 valence electrons. The highest BCUT2D eigenvalue weighted by atomic mass is 19.1. The first-order valence-corrected chi connectivity index (χ1v) is 6.10. The smallest absolute Gasteiger partial charge is 0.126 e. The van der Waals surface area contributed by atoms with Crippen LogP contribution in [-0.4, -0.2) is 18.8 Å². The zero-order valence-electron chi connectivity index (χ0n) is 9.19. The van der Waals surface area contributed by atoms with Gasteiger partial charge in [0, 0.05) is 6.54 Å². The van der Waals surface area contributed by atoms with Gasteiger partial charge in [-0.3, -0.25) is 0 Å². The number of halogens is 1. The summed E-state index contributed by atoms with van der Waals surface area (Å²) in [6.45, 7) is 3.90. The number of rotatable bonds is 1. The van der Waals surface area contributed by atoms with E-state index >= 15 is 0 Å². The molecule has 0 aromatic carbocycles. The predicted molar refractivity (Wildman–Crippen MR) is 57.1 cm³/mol. The van der Waals surface area contributed by atoms with Gasteiger partial charge in [-0.15, -0.1) is 0 Å². The van der Waals surface area contributed by atoms with Crippen LogP contribution in [0.4, 0.5) is 4.39 Å². The highest BCUT2D eigenvalue weighted by molar-refractivity contribution is 4.93. The van der Waals surface area contributed by atoms with Gasteiger partial charge >= 0.3 is 0 Å². The van der Waals surface area contributed by atoms with Crippen LogP contribution in [0.1, 0.15) is 45.4 Å². The third-order valence-electron chi connectivity index (χ3n) is 4.11. The molecule has 2 aliphatic rings. The molecule has 1 saturated carbocycles. The Morgan fingerprint density at radius 3 is 2.50 bits per heavy atom. The summed E-state index contributed by atoms with van der Waals surface area (Å²) in [5, 5.41) is 3.21. The number of alkyl halides is 1. The van der Waals surface area contributed by atoms with Gasteiger partial charge in [-0.2, -0.15) is 0 Å². The second kappa shape index (κ2) is 4.18. The lowest BCUT2D eigenvalue weighted by Crippen LogP contribution is -2.48. The molecule has 2 heteroatoms. The summed E-state index contributed by atoms with van der Waals surface area (Å²) in [6.07, 6.45) is 6.49. The van der Waals surface area contributed by atoms with Crippen LogP contribution in [0.2, 0.25) is 0 Å². The molecule has 1 aliphatic carbocycles. The minimum atomic E-state index is -0.877. The fourth-order valence-corrected chi connectivity index (χ4v) is 3.02. The summed E-state index contributed by atoms with van der Waals surface area (Å²) in [7, 11) is 0. The van der Waals surface area contributed by atoms with Crippen LogP contribution in [-0.2, 0) is 0 Å². The van der Waals surface area contributed by atoms with E-state index in [9.17, 15) is 4.39 Å². The van der Waals surface area contributed by atoms with Crippen molar-refractivity contribution in [2.45, 2.75) is 51.1 Å². The fourth-order valence-electron chi connectivity index (χ4n) is 3.02. The van der Waals surface area contributed by atoms with Crippen molar-refractivity contribution in [1.82, 2.24) is 5.32 Å². The zero-order chi connectivity index (χ0) is 10.0. The summed E-state index contributed by atoms with van der Waals surface area (Å²) in [6, 6.07) is 0. The number of hydrogen-bond donors (Lipinski definition) is 1. The van der Waals surface area contributed by atoms with Crippen LogP contribution in [0.3, 0.4) is 0 Å².